The van der Waals surface area contributed by atoms with Crippen LogP contribution in [0.3, 0.4) is 0 Å². The lowest BCUT2D eigenvalue weighted by Crippen LogP contribution is -2.34. The van der Waals surface area contributed by atoms with Crippen molar-refractivity contribution in [3.63, 3.8) is 0 Å². The molecule has 3 heteroatoms. The number of carbonyl (C=O) groups is 1. The average molecular weight is 208 g/mol. The molecule has 2 atom stereocenters. The van der Waals surface area contributed by atoms with Crippen molar-refractivity contribution in [1.29, 1.82) is 0 Å². The number of aliphatic carboxylic acids is 1. The van der Waals surface area contributed by atoms with Gasteiger partial charge in [0.25, 0.3) is 0 Å². The van der Waals surface area contributed by atoms with Gasteiger partial charge in [0.2, 0.25) is 0 Å². The van der Waals surface area contributed by atoms with Crippen LogP contribution in [-0.2, 0) is 11.2 Å². The summed E-state index contributed by atoms with van der Waals surface area (Å²) in [4.78, 5) is 10.8. The summed E-state index contributed by atoms with van der Waals surface area (Å²) in [6.07, 6.45) is 2.17. The molecule has 0 radical (unpaired) electrons. The molecule has 1 aliphatic rings. The Morgan fingerprint density at radius 1 is 1.40 bits per heavy atom. The highest BCUT2D eigenvalue weighted by atomic mass is 19.1. The van der Waals surface area contributed by atoms with Gasteiger partial charge in [-0.1, -0.05) is 18.2 Å². The van der Waals surface area contributed by atoms with Crippen LogP contribution in [0.15, 0.2) is 24.3 Å². The van der Waals surface area contributed by atoms with E-state index in [2.05, 4.69) is 0 Å². The van der Waals surface area contributed by atoms with E-state index in [0.717, 1.165) is 12.8 Å². The zero-order valence-electron chi connectivity index (χ0n) is 8.32. The Morgan fingerprint density at radius 2 is 2.13 bits per heavy atom. The molecule has 15 heavy (non-hydrogen) atoms. The molecule has 1 aromatic carbocycles. The highest BCUT2D eigenvalue weighted by Gasteiger charge is 2.36. The molecule has 0 aromatic heterocycles. The van der Waals surface area contributed by atoms with E-state index in [1.165, 1.54) is 6.07 Å². The third-order valence-electron chi connectivity index (χ3n) is 3.17. The molecule has 1 fully saturated rings. The van der Waals surface area contributed by atoms with E-state index < -0.39 is 5.97 Å². The molecule has 1 N–H and O–H groups in total. The Balaban J connectivity index is 2.04. The quantitative estimate of drug-likeness (QED) is 0.828. The summed E-state index contributed by atoms with van der Waals surface area (Å²) >= 11 is 0. The Labute approximate surface area is 87.7 Å². The highest BCUT2D eigenvalue weighted by molar-refractivity contribution is 5.71. The third kappa shape index (κ3) is 2.01. The minimum atomic E-state index is -0.748. The fourth-order valence-corrected chi connectivity index (χ4v) is 2.08. The Kier molecular flexibility index (Phi) is 2.71. The summed E-state index contributed by atoms with van der Waals surface area (Å²) in [6, 6.07) is 6.58. The van der Waals surface area contributed by atoms with E-state index in [1.807, 2.05) is 0 Å². The summed E-state index contributed by atoms with van der Waals surface area (Å²) in [5.74, 6) is -1.14. The summed E-state index contributed by atoms with van der Waals surface area (Å²) in [6.45, 7) is 0. The van der Waals surface area contributed by atoms with Gasteiger partial charge in [0.05, 0.1) is 5.92 Å². The standard InChI is InChI=1S/C12H13FO2/c13-11-4-2-1-3-9(11)7-8-5-6-10(8)12(14)15/h1-4,8,10H,5-7H2,(H,14,15). The number of carboxylic acids is 1. The largest absolute Gasteiger partial charge is 0.481 e. The van der Waals surface area contributed by atoms with Crippen LogP contribution in [0.4, 0.5) is 4.39 Å². The van der Waals surface area contributed by atoms with E-state index in [4.69, 9.17) is 5.11 Å². The second kappa shape index (κ2) is 4.01. The second-order valence-electron chi connectivity index (χ2n) is 4.08. The van der Waals surface area contributed by atoms with Crippen molar-refractivity contribution in [1.82, 2.24) is 0 Å². The summed E-state index contributed by atoms with van der Waals surface area (Å²) < 4.78 is 13.3. The molecule has 1 aliphatic carbocycles. The molecule has 0 heterocycles. The SMILES string of the molecule is O=C(O)C1CCC1Cc1ccccc1F. The number of benzene rings is 1. The molecule has 80 valence electrons. The van der Waals surface area contributed by atoms with Crippen molar-refractivity contribution >= 4 is 5.97 Å². The van der Waals surface area contributed by atoms with Crippen molar-refractivity contribution in [3.8, 4) is 0 Å². The smallest absolute Gasteiger partial charge is 0.306 e. The molecule has 1 saturated carbocycles. The summed E-state index contributed by atoms with van der Waals surface area (Å²) in [7, 11) is 0. The second-order valence-corrected chi connectivity index (χ2v) is 4.08. The maximum atomic E-state index is 13.3. The zero-order chi connectivity index (χ0) is 10.8. The van der Waals surface area contributed by atoms with Gasteiger partial charge in [-0.2, -0.15) is 0 Å². The number of hydrogen-bond acceptors (Lipinski definition) is 1. The third-order valence-corrected chi connectivity index (χ3v) is 3.17. The van der Waals surface area contributed by atoms with Crippen LogP contribution < -0.4 is 0 Å². The van der Waals surface area contributed by atoms with Gasteiger partial charge in [-0.15, -0.1) is 0 Å². The minimum Gasteiger partial charge on any atom is -0.481 e. The molecule has 1 aromatic rings. The van der Waals surface area contributed by atoms with E-state index >= 15 is 0 Å². The van der Waals surface area contributed by atoms with E-state index in [0.29, 0.717) is 12.0 Å². The van der Waals surface area contributed by atoms with Crippen LogP contribution in [0.5, 0.6) is 0 Å². The maximum Gasteiger partial charge on any atom is 0.306 e. The van der Waals surface area contributed by atoms with Crippen molar-refractivity contribution in [2.45, 2.75) is 19.3 Å². The number of halogens is 1. The molecule has 0 aliphatic heterocycles. The van der Waals surface area contributed by atoms with Crippen molar-refractivity contribution in [2.75, 3.05) is 0 Å². The van der Waals surface area contributed by atoms with E-state index in [-0.39, 0.29) is 17.7 Å². The van der Waals surface area contributed by atoms with Crippen LogP contribution in [0.1, 0.15) is 18.4 Å². The lowest BCUT2D eigenvalue weighted by molar-refractivity contribution is -0.147. The van der Waals surface area contributed by atoms with E-state index in [9.17, 15) is 9.18 Å². The topological polar surface area (TPSA) is 37.3 Å². The number of carboxylic acid groups (broad SMARTS) is 1. The van der Waals surface area contributed by atoms with E-state index in [1.54, 1.807) is 18.2 Å². The van der Waals surface area contributed by atoms with Crippen molar-refractivity contribution in [2.24, 2.45) is 11.8 Å². The lowest BCUT2D eigenvalue weighted by atomic mass is 9.71. The molecule has 2 nitrogen and oxygen atoms in total. The van der Waals surface area contributed by atoms with Gasteiger partial charge in [-0.05, 0) is 36.8 Å². The first-order valence-corrected chi connectivity index (χ1v) is 5.14. The molecule has 0 amide bonds. The molecule has 2 rings (SSSR count). The van der Waals surface area contributed by atoms with Crippen molar-refractivity contribution in [3.05, 3.63) is 35.6 Å². The van der Waals surface area contributed by atoms with Crippen molar-refractivity contribution < 1.29 is 14.3 Å². The Morgan fingerprint density at radius 3 is 2.67 bits per heavy atom. The zero-order valence-corrected chi connectivity index (χ0v) is 8.32. The van der Waals surface area contributed by atoms with Crippen LogP contribution in [0, 0.1) is 17.7 Å². The predicted octanol–water partition coefficient (Wildman–Crippen LogP) is 2.48. The Bertz CT molecular complexity index is 376. The molecule has 2 unspecified atom stereocenters. The first kappa shape index (κ1) is 10.1. The maximum absolute atomic E-state index is 13.3. The first-order chi connectivity index (χ1) is 7.18. The van der Waals surface area contributed by atoms with Gasteiger partial charge in [0.15, 0.2) is 0 Å². The van der Waals surface area contributed by atoms with Gasteiger partial charge in [0.1, 0.15) is 5.82 Å². The lowest BCUT2D eigenvalue weighted by Gasteiger charge is -2.33. The molecule has 0 saturated heterocycles. The summed E-state index contributed by atoms with van der Waals surface area (Å²) in [5, 5.41) is 8.86. The number of hydrogen-bond donors (Lipinski definition) is 1. The first-order valence-electron chi connectivity index (χ1n) is 5.14. The van der Waals surface area contributed by atoms with Crippen LogP contribution >= 0.6 is 0 Å². The van der Waals surface area contributed by atoms with Gasteiger partial charge in [0, 0.05) is 0 Å². The molecule has 0 spiro atoms. The van der Waals surface area contributed by atoms with Crippen LogP contribution in [0.25, 0.3) is 0 Å². The van der Waals surface area contributed by atoms with Crippen LogP contribution in [0.2, 0.25) is 0 Å². The fourth-order valence-electron chi connectivity index (χ4n) is 2.08. The minimum absolute atomic E-state index is 0.111. The normalized spacial score (nSPS) is 24.6. The molecular weight excluding hydrogens is 195 g/mol. The fraction of sp³-hybridized carbons (Fsp3) is 0.417. The molecule has 0 bridgehead atoms. The van der Waals surface area contributed by atoms with Gasteiger partial charge in [-0.3, -0.25) is 4.79 Å². The van der Waals surface area contributed by atoms with Gasteiger partial charge >= 0.3 is 5.97 Å². The predicted molar refractivity (Wildman–Crippen MR) is 54.0 cm³/mol. The average Bonchev–Trinajstić information content (AvgIpc) is 2.13. The monoisotopic (exact) mass is 208 g/mol. The summed E-state index contributed by atoms with van der Waals surface area (Å²) in [5.41, 5.74) is 0.633. The number of rotatable bonds is 3. The Hall–Kier alpha value is -1.38. The highest BCUT2D eigenvalue weighted by Crippen LogP contribution is 2.37. The van der Waals surface area contributed by atoms with Gasteiger partial charge < -0.3 is 5.11 Å². The molecular formula is C12H13FO2. The van der Waals surface area contributed by atoms with Crippen LogP contribution in [-0.4, -0.2) is 11.1 Å². The van der Waals surface area contributed by atoms with Gasteiger partial charge in [-0.25, -0.2) is 4.39 Å².